The highest BCUT2D eigenvalue weighted by molar-refractivity contribution is 8.00. The summed E-state index contributed by atoms with van der Waals surface area (Å²) in [6.45, 7) is 2.04. The second-order valence-electron chi connectivity index (χ2n) is 6.97. The third-order valence-corrected chi connectivity index (χ3v) is 5.81. The van der Waals surface area contributed by atoms with Crippen LogP contribution >= 0.6 is 11.8 Å². The van der Waals surface area contributed by atoms with E-state index in [2.05, 4.69) is 22.4 Å². The van der Waals surface area contributed by atoms with Crippen LogP contribution in [0.2, 0.25) is 0 Å². The molecular formula is C22H23N3OS. The number of H-pyrrole nitrogens is 1. The lowest BCUT2D eigenvalue weighted by Crippen LogP contribution is -2.29. The van der Waals surface area contributed by atoms with Crippen LogP contribution in [0, 0.1) is 6.92 Å². The number of aromatic nitrogens is 2. The lowest BCUT2D eigenvalue weighted by atomic mass is 10.1. The van der Waals surface area contributed by atoms with Crippen LogP contribution in [0.1, 0.15) is 40.6 Å². The molecule has 2 N–H and O–H groups in total. The van der Waals surface area contributed by atoms with Gasteiger partial charge in [0, 0.05) is 18.2 Å². The smallest absolute Gasteiger partial charge is 0.238 e. The van der Waals surface area contributed by atoms with Gasteiger partial charge in [0.15, 0.2) is 5.16 Å². The van der Waals surface area contributed by atoms with Gasteiger partial charge in [-0.1, -0.05) is 72.4 Å². The molecule has 1 atom stereocenters. The number of thioether (sulfide) groups is 1. The van der Waals surface area contributed by atoms with E-state index in [1.807, 2.05) is 55.5 Å². The third-order valence-electron chi connectivity index (χ3n) is 4.67. The standard InChI is InChI=1S/C22H23N3OS/c1-15-19(14-16-8-4-2-5-9-16)25-22(23-15)27-20(17-10-6-3-7-11-17)21(26)24-18-12-13-18/h2-11,18,20H,12-14H2,1H3,(H,23,25)(H,24,26). The van der Waals surface area contributed by atoms with Crippen LogP contribution in [0.5, 0.6) is 0 Å². The quantitative estimate of drug-likeness (QED) is 0.599. The van der Waals surface area contributed by atoms with Crippen LogP contribution in [-0.2, 0) is 11.2 Å². The van der Waals surface area contributed by atoms with Crippen molar-refractivity contribution in [3.63, 3.8) is 0 Å². The number of hydrogen-bond acceptors (Lipinski definition) is 3. The highest BCUT2D eigenvalue weighted by Crippen LogP contribution is 2.35. The zero-order valence-corrected chi connectivity index (χ0v) is 16.1. The molecule has 5 heteroatoms. The predicted octanol–water partition coefficient (Wildman–Crippen LogP) is 4.42. The van der Waals surface area contributed by atoms with Gasteiger partial charge in [-0.15, -0.1) is 0 Å². The molecule has 1 fully saturated rings. The molecule has 1 aliphatic rings. The molecule has 138 valence electrons. The molecule has 1 aliphatic carbocycles. The van der Waals surface area contributed by atoms with Crippen molar-refractivity contribution in [3.8, 4) is 0 Å². The average molecular weight is 378 g/mol. The Morgan fingerprint density at radius 3 is 2.48 bits per heavy atom. The summed E-state index contributed by atoms with van der Waals surface area (Å²) in [4.78, 5) is 20.9. The summed E-state index contributed by atoms with van der Waals surface area (Å²) < 4.78 is 0. The Labute approximate surface area is 163 Å². The summed E-state index contributed by atoms with van der Waals surface area (Å²) in [5, 5.41) is 3.62. The van der Waals surface area contributed by atoms with Crippen LogP contribution in [0.4, 0.5) is 0 Å². The van der Waals surface area contributed by atoms with Crippen LogP contribution < -0.4 is 5.32 Å². The molecule has 3 aromatic rings. The van der Waals surface area contributed by atoms with Crippen molar-refractivity contribution in [1.29, 1.82) is 0 Å². The number of imidazole rings is 1. The van der Waals surface area contributed by atoms with Gasteiger partial charge in [-0.25, -0.2) is 4.98 Å². The maximum Gasteiger partial charge on any atom is 0.238 e. The van der Waals surface area contributed by atoms with Crippen molar-refractivity contribution in [1.82, 2.24) is 15.3 Å². The van der Waals surface area contributed by atoms with E-state index in [-0.39, 0.29) is 11.2 Å². The van der Waals surface area contributed by atoms with Crippen LogP contribution in [0.25, 0.3) is 0 Å². The molecule has 1 amide bonds. The molecule has 4 nitrogen and oxygen atoms in total. The summed E-state index contributed by atoms with van der Waals surface area (Å²) in [6.07, 6.45) is 2.95. The fraction of sp³-hybridized carbons (Fsp3) is 0.273. The number of carbonyl (C=O) groups excluding carboxylic acids is 1. The maximum atomic E-state index is 12.8. The van der Waals surface area contributed by atoms with Gasteiger partial charge in [-0.3, -0.25) is 4.79 Å². The van der Waals surface area contributed by atoms with Gasteiger partial charge in [0.2, 0.25) is 5.91 Å². The molecule has 1 saturated carbocycles. The van der Waals surface area contributed by atoms with E-state index in [0.29, 0.717) is 6.04 Å². The maximum absolute atomic E-state index is 12.8. The van der Waals surface area contributed by atoms with Crippen molar-refractivity contribution in [2.24, 2.45) is 0 Å². The summed E-state index contributed by atoms with van der Waals surface area (Å²) >= 11 is 1.49. The van der Waals surface area contributed by atoms with Crippen LogP contribution in [0.3, 0.4) is 0 Å². The Kier molecular flexibility index (Phi) is 5.30. The van der Waals surface area contributed by atoms with Crippen molar-refractivity contribution < 1.29 is 4.79 Å². The zero-order chi connectivity index (χ0) is 18.6. The first-order valence-corrected chi connectivity index (χ1v) is 10.2. The largest absolute Gasteiger partial charge is 0.352 e. The Hall–Kier alpha value is -2.53. The van der Waals surface area contributed by atoms with Crippen molar-refractivity contribution in [2.75, 3.05) is 0 Å². The highest BCUT2D eigenvalue weighted by Gasteiger charge is 2.29. The van der Waals surface area contributed by atoms with Gasteiger partial charge in [0.1, 0.15) is 5.25 Å². The Morgan fingerprint density at radius 1 is 1.15 bits per heavy atom. The summed E-state index contributed by atoms with van der Waals surface area (Å²) in [5.41, 5.74) is 4.31. The molecule has 0 radical (unpaired) electrons. The van der Waals surface area contributed by atoms with Gasteiger partial charge in [0.05, 0.1) is 5.69 Å². The first-order valence-electron chi connectivity index (χ1n) is 9.30. The number of carbonyl (C=O) groups is 1. The van der Waals surface area contributed by atoms with E-state index in [0.717, 1.165) is 41.4 Å². The van der Waals surface area contributed by atoms with E-state index in [4.69, 9.17) is 4.98 Å². The summed E-state index contributed by atoms with van der Waals surface area (Å²) in [6, 6.07) is 20.6. The second-order valence-corrected chi connectivity index (χ2v) is 8.06. The Morgan fingerprint density at radius 2 is 1.81 bits per heavy atom. The van der Waals surface area contributed by atoms with Crippen LogP contribution in [-0.4, -0.2) is 21.9 Å². The summed E-state index contributed by atoms with van der Waals surface area (Å²) in [7, 11) is 0. The minimum absolute atomic E-state index is 0.0624. The number of hydrogen-bond donors (Lipinski definition) is 2. The summed E-state index contributed by atoms with van der Waals surface area (Å²) in [5.74, 6) is 0.0624. The lowest BCUT2D eigenvalue weighted by molar-refractivity contribution is -0.120. The SMILES string of the molecule is Cc1[nH]c(SC(C(=O)NC2CC2)c2ccccc2)nc1Cc1ccccc1. The number of aryl methyl sites for hydroxylation is 1. The highest BCUT2D eigenvalue weighted by atomic mass is 32.2. The van der Waals surface area contributed by atoms with E-state index >= 15 is 0 Å². The second kappa shape index (κ2) is 8.01. The molecule has 0 bridgehead atoms. The minimum atomic E-state index is -0.304. The van der Waals surface area contributed by atoms with E-state index in [1.54, 1.807) is 0 Å². The number of rotatable bonds is 7. The Balaban J connectivity index is 1.54. The molecule has 1 aromatic heterocycles. The number of amides is 1. The molecule has 1 unspecified atom stereocenters. The van der Waals surface area contributed by atoms with E-state index < -0.39 is 0 Å². The lowest BCUT2D eigenvalue weighted by Gasteiger charge is -2.15. The molecule has 0 spiro atoms. The Bertz CT molecular complexity index is 904. The number of aromatic amines is 1. The first kappa shape index (κ1) is 17.9. The topological polar surface area (TPSA) is 57.8 Å². The molecule has 0 aliphatic heterocycles. The van der Waals surface area contributed by atoms with Gasteiger partial charge < -0.3 is 10.3 Å². The zero-order valence-electron chi connectivity index (χ0n) is 15.3. The van der Waals surface area contributed by atoms with Crippen LogP contribution in [0.15, 0.2) is 65.8 Å². The van der Waals surface area contributed by atoms with Crippen molar-refractivity contribution in [2.45, 2.75) is 42.6 Å². The fourth-order valence-corrected chi connectivity index (χ4v) is 4.07. The molecule has 4 rings (SSSR count). The third kappa shape index (κ3) is 4.61. The van der Waals surface area contributed by atoms with E-state index in [1.165, 1.54) is 17.3 Å². The van der Waals surface area contributed by atoms with E-state index in [9.17, 15) is 4.79 Å². The van der Waals surface area contributed by atoms with Gasteiger partial charge >= 0.3 is 0 Å². The number of nitrogens with zero attached hydrogens (tertiary/aromatic N) is 1. The van der Waals surface area contributed by atoms with Gasteiger partial charge in [-0.2, -0.15) is 0 Å². The molecule has 27 heavy (non-hydrogen) atoms. The number of benzene rings is 2. The molecule has 0 saturated heterocycles. The predicted molar refractivity (Wildman–Crippen MR) is 109 cm³/mol. The first-order chi connectivity index (χ1) is 13.2. The van der Waals surface area contributed by atoms with Crippen molar-refractivity contribution in [3.05, 3.63) is 83.2 Å². The monoisotopic (exact) mass is 377 g/mol. The molecule has 1 heterocycles. The molecule has 2 aromatic carbocycles. The normalized spacial score (nSPS) is 14.7. The average Bonchev–Trinajstić information content (AvgIpc) is 3.44. The van der Waals surface area contributed by atoms with Gasteiger partial charge in [0.25, 0.3) is 0 Å². The number of nitrogens with one attached hydrogen (secondary N) is 2. The minimum Gasteiger partial charge on any atom is -0.352 e. The fourth-order valence-electron chi connectivity index (χ4n) is 3.00. The van der Waals surface area contributed by atoms with Crippen molar-refractivity contribution >= 4 is 17.7 Å². The molecular weight excluding hydrogens is 354 g/mol. The van der Waals surface area contributed by atoms with Gasteiger partial charge in [-0.05, 0) is 30.9 Å².